The first-order valence-corrected chi connectivity index (χ1v) is 8.32. The number of hydrogen-bond acceptors (Lipinski definition) is 4. The largest absolute Gasteiger partial charge is 0.356 e. The minimum atomic E-state index is -0.108. The molecule has 2 rings (SSSR count). The highest BCUT2D eigenvalue weighted by Gasteiger charge is 2.21. The molecule has 1 saturated heterocycles. The molecule has 6 nitrogen and oxygen atoms in total. The number of nitrogens with zero attached hydrogens (tertiary/aromatic N) is 1. The van der Waals surface area contributed by atoms with Crippen molar-refractivity contribution < 1.29 is 9.59 Å². The summed E-state index contributed by atoms with van der Waals surface area (Å²) in [6, 6.07) is 3.47. The minimum absolute atomic E-state index is 0. The zero-order valence-corrected chi connectivity index (χ0v) is 16.1. The average molecular weight is 391 g/mol. The van der Waals surface area contributed by atoms with Crippen LogP contribution in [0.25, 0.3) is 0 Å². The lowest BCUT2D eigenvalue weighted by atomic mass is 9.84. The summed E-state index contributed by atoms with van der Waals surface area (Å²) in [5.74, 6) is 0.940. The van der Waals surface area contributed by atoms with Crippen molar-refractivity contribution in [2.24, 2.45) is 11.8 Å². The van der Waals surface area contributed by atoms with Gasteiger partial charge < -0.3 is 16.0 Å². The molecule has 1 fully saturated rings. The number of amides is 2. The van der Waals surface area contributed by atoms with Crippen molar-refractivity contribution in [1.82, 2.24) is 15.6 Å². The van der Waals surface area contributed by atoms with Crippen molar-refractivity contribution in [2.45, 2.75) is 32.6 Å². The van der Waals surface area contributed by atoms with Gasteiger partial charge in [0.05, 0.1) is 0 Å². The van der Waals surface area contributed by atoms with Gasteiger partial charge in [0.2, 0.25) is 11.8 Å². The number of anilines is 1. The van der Waals surface area contributed by atoms with Crippen molar-refractivity contribution in [3.05, 3.63) is 24.5 Å². The van der Waals surface area contributed by atoms with E-state index in [0.717, 1.165) is 31.6 Å². The molecule has 1 aliphatic rings. The number of halogens is 2. The van der Waals surface area contributed by atoms with Crippen molar-refractivity contribution in [3.8, 4) is 0 Å². The second-order valence-corrected chi connectivity index (χ2v) is 6.15. The molecule has 0 bridgehead atoms. The van der Waals surface area contributed by atoms with Crippen molar-refractivity contribution in [2.75, 3.05) is 25.0 Å². The van der Waals surface area contributed by atoms with E-state index >= 15 is 0 Å². The molecule has 142 valence electrons. The highest BCUT2D eigenvalue weighted by atomic mass is 35.5. The molecule has 25 heavy (non-hydrogen) atoms. The number of nitrogens with one attached hydrogen (secondary N) is 3. The lowest BCUT2D eigenvalue weighted by Gasteiger charge is -2.27. The van der Waals surface area contributed by atoms with Gasteiger partial charge in [-0.25, -0.2) is 0 Å². The second-order valence-electron chi connectivity index (χ2n) is 6.15. The van der Waals surface area contributed by atoms with Gasteiger partial charge in [0, 0.05) is 37.5 Å². The van der Waals surface area contributed by atoms with Crippen LogP contribution in [0, 0.1) is 11.8 Å². The van der Waals surface area contributed by atoms with E-state index in [2.05, 4.69) is 27.9 Å². The van der Waals surface area contributed by atoms with Gasteiger partial charge in [0.1, 0.15) is 0 Å². The van der Waals surface area contributed by atoms with E-state index < -0.39 is 0 Å². The number of pyridine rings is 1. The van der Waals surface area contributed by atoms with Gasteiger partial charge >= 0.3 is 0 Å². The number of carbonyl (C=O) groups is 2. The van der Waals surface area contributed by atoms with Gasteiger partial charge in [-0.2, -0.15) is 0 Å². The summed E-state index contributed by atoms with van der Waals surface area (Å²) in [4.78, 5) is 27.6. The van der Waals surface area contributed by atoms with Crippen LogP contribution in [0.1, 0.15) is 32.6 Å². The summed E-state index contributed by atoms with van der Waals surface area (Å²) >= 11 is 0. The SMILES string of the molecule is CC(CC(=O)NCCC(=O)Nc1ccncc1)C1CCNCC1.Cl.Cl. The lowest BCUT2D eigenvalue weighted by Crippen LogP contribution is -2.34. The maximum atomic E-state index is 12.0. The van der Waals surface area contributed by atoms with E-state index in [1.807, 2.05) is 0 Å². The average Bonchev–Trinajstić information content (AvgIpc) is 2.56. The zero-order valence-electron chi connectivity index (χ0n) is 14.5. The summed E-state index contributed by atoms with van der Waals surface area (Å²) in [5, 5.41) is 8.95. The normalized spacial score (nSPS) is 15.2. The van der Waals surface area contributed by atoms with Crippen LogP contribution in [0.4, 0.5) is 5.69 Å². The van der Waals surface area contributed by atoms with Gasteiger partial charge in [0.25, 0.3) is 0 Å². The highest BCUT2D eigenvalue weighted by molar-refractivity contribution is 5.91. The van der Waals surface area contributed by atoms with Crippen LogP contribution in [-0.2, 0) is 9.59 Å². The van der Waals surface area contributed by atoms with Crippen LogP contribution in [0.3, 0.4) is 0 Å². The summed E-state index contributed by atoms with van der Waals surface area (Å²) < 4.78 is 0. The first kappa shape index (κ1) is 23.6. The monoisotopic (exact) mass is 390 g/mol. The molecule has 1 aromatic heterocycles. The van der Waals surface area contributed by atoms with Crippen LogP contribution in [0.5, 0.6) is 0 Å². The van der Waals surface area contributed by atoms with Gasteiger partial charge in [-0.1, -0.05) is 6.92 Å². The third-order valence-corrected chi connectivity index (χ3v) is 4.33. The van der Waals surface area contributed by atoms with E-state index in [9.17, 15) is 9.59 Å². The fourth-order valence-corrected chi connectivity index (χ4v) is 2.92. The summed E-state index contributed by atoms with van der Waals surface area (Å²) in [5.41, 5.74) is 0.718. The Hall–Kier alpha value is -1.37. The molecule has 8 heteroatoms. The van der Waals surface area contributed by atoms with Gasteiger partial charge in [-0.05, 0) is 49.9 Å². The van der Waals surface area contributed by atoms with Gasteiger partial charge in [-0.3, -0.25) is 14.6 Å². The topological polar surface area (TPSA) is 83.1 Å². The standard InChI is InChI=1S/C17H26N4O2.2ClH/c1-13(14-2-7-18-8-3-14)12-17(23)20-11-6-16(22)21-15-4-9-19-10-5-15;;/h4-5,9-10,13-14,18H,2-3,6-8,11-12H2,1H3,(H,20,23)(H,19,21,22);2*1H. The van der Waals surface area contributed by atoms with Gasteiger partial charge in [0.15, 0.2) is 0 Å². The van der Waals surface area contributed by atoms with Crippen LogP contribution in [-0.4, -0.2) is 36.4 Å². The molecule has 0 aliphatic carbocycles. The number of rotatable bonds is 7. The molecule has 0 spiro atoms. The zero-order chi connectivity index (χ0) is 16.5. The smallest absolute Gasteiger partial charge is 0.226 e. The summed E-state index contributed by atoms with van der Waals surface area (Å²) in [6.45, 7) is 4.61. The predicted octanol–water partition coefficient (Wildman–Crippen LogP) is 2.40. The van der Waals surface area contributed by atoms with Gasteiger partial charge in [-0.15, -0.1) is 24.8 Å². The van der Waals surface area contributed by atoms with Crippen molar-refractivity contribution in [3.63, 3.8) is 0 Å². The maximum absolute atomic E-state index is 12.0. The molecule has 1 aromatic rings. The lowest BCUT2D eigenvalue weighted by molar-refractivity contribution is -0.122. The Balaban J connectivity index is 0.00000288. The Labute approximate surface area is 161 Å². The van der Waals surface area contributed by atoms with Crippen molar-refractivity contribution >= 4 is 42.3 Å². The van der Waals surface area contributed by atoms with E-state index in [1.54, 1.807) is 24.5 Å². The maximum Gasteiger partial charge on any atom is 0.226 e. The number of carbonyl (C=O) groups excluding carboxylic acids is 2. The minimum Gasteiger partial charge on any atom is -0.356 e. The molecule has 2 amide bonds. The molecule has 0 aromatic carbocycles. The van der Waals surface area contributed by atoms with Crippen LogP contribution < -0.4 is 16.0 Å². The van der Waals surface area contributed by atoms with E-state index in [1.165, 1.54) is 0 Å². The van der Waals surface area contributed by atoms with E-state index in [-0.39, 0.29) is 43.0 Å². The molecule has 1 aliphatic heterocycles. The Morgan fingerprint density at radius 1 is 1.20 bits per heavy atom. The van der Waals surface area contributed by atoms with Crippen molar-refractivity contribution in [1.29, 1.82) is 0 Å². The number of aromatic nitrogens is 1. The molecular formula is C17H28Cl2N4O2. The van der Waals surface area contributed by atoms with Crippen LogP contribution in [0.15, 0.2) is 24.5 Å². The molecule has 1 atom stereocenters. The Morgan fingerprint density at radius 2 is 1.84 bits per heavy atom. The second kappa shape index (κ2) is 12.9. The predicted molar refractivity (Wildman–Crippen MR) is 104 cm³/mol. The number of hydrogen-bond donors (Lipinski definition) is 3. The fourth-order valence-electron chi connectivity index (χ4n) is 2.92. The Kier molecular flexibility index (Phi) is 12.2. The molecule has 3 N–H and O–H groups in total. The first-order valence-electron chi connectivity index (χ1n) is 8.32. The van der Waals surface area contributed by atoms with E-state index in [0.29, 0.717) is 24.8 Å². The third kappa shape index (κ3) is 9.05. The molecular weight excluding hydrogens is 363 g/mol. The molecule has 2 heterocycles. The van der Waals surface area contributed by atoms with Crippen LogP contribution in [0.2, 0.25) is 0 Å². The number of piperidine rings is 1. The molecule has 1 unspecified atom stereocenters. The Morgan fingerprint density at radius 3 is 2.48 bits per heavy atom. The van der Waals surface area contributed by atoms with Crippen LogP contribution >= 0.6 is 24.8 Å². The fraction of sp³-hybridized carbons (Fsp3) is 0.588. The quantitative estimate of drug-likeness (QED) is 0.667. The molecule has 0 saturated carbocycles. The summed E-state index contributed by atoms with van der Waals surface area (Å²) in [7, 11) is 0. The molecule has 0 radical (unpaired) electrons. The van der Waals surface area contributed by atoms with E-state index in [4.69, 9.17) is 0 Å². The highest BCUT2D eigenvalue weighted by Crippen LogP contribution is 2.24. The first-order chi connectivity index (χ1) is 11.1. The third-order valence-electron chi connectivity index (χ3n) is 4.33. The Bertz CT molecular complexity index is 511. The summed E-state index contributed by atoms with van der Waals surface area (Å²) in [6.07, 6.45) is 6.34.